The zero-order valence-electron chi connectivity index (χ0n) is 22.5. The second-order valence-corrected chi connectivity index (χ2v) is 10.8. The molecule has 7 nitrogen and oxygen atoms in total. The van der Waals surface area contributed by atoms with Crippen molar-refractivity contribution in [1.29, 1.82) is 5.26 Å². The fraction of sp³-hybridized carbons (Fsp3) is 0.125. The SMILES string of the molecule is COc1ccc(-c2cc(-c3ccccc3)nc(SCCC(=O)Nc3nc(-c4cccc(OC)c4)cs3)c2C#N)cc1. The standard InChI is InChI=1S/C32H26N4O3S2/c1-38-24-13-11-21(12-14-24)26-18-28(22-7-4-3-5-8-22)34-31(27(26)19-33)40-16-15-30(37)36-32-35-29(20-41-32)23-9-6-10-25(17-23)39-2/h3-14,17-18,20H,15-16H2,1-2H3,(H,35,36,37). The zero-order chi connectivity index (χ0) is 28.6. The molecule has 0 aliphatic rings. The normalized spacial score (nSPS) is 10.6. The molecule has 0 bridgehead atoms. The number of benzene rings is 3. The lowest BCUT2D eigenvalue weighted by Gasteiger charge is -2.13. The van der Waals surface area contributed by atoms with Crippen LogP contribution in [0.2, 0.25) is 0 Å². The van der Waals surface area contributed by atoms with Crippen LogP contribution in [0.5, 0.6) is 11.5 Å². The summed E-state index contributed by atoms with van der Waals surface area (Å²) in [4.78, 5) is 22.1. The van der Waals surface area contributed by atoms with E-state index < -0.39 is 0 Å². The number of hydrogen-bond acceptors (Lipinski definition) is 8. The molecule has 41 heavy (non-hydrogen) atoms. The van der Waals surface area contributed by atoms with Crippen molar-refractivity contribution in [1.82, 2.24) is 9.97 Å². The van der Waals surface area contributed by atoms with Gasteiger partial charge in [0, 0.05) is 34.2 Å². The number of carbonyl (C=O) groups is 1. The number of nitriles is 1. The average Bonchev–Trinajstić information content (AvgIpc) is 3.49. The van der Waals surface area contributed by atoms with E-state index >= 15 is 0 Å². The minimum atomic E-state index is -0.155. The maximum absolute atomic E-state index is 12.8. The summed E-state index contributed by atoms with van der Waals surface area (Å²) in [6.45, 7) is 0. The first-order chi connectivity index (χ1) is 20.1. The van der Waals surface area contributed by atoms with Gasteiger partial charge < -0.3 is 14.8 Å². The van der Waals surface area contributed by atoms with Crippen LogP contribution in [0.3, 0.4) is 0 Å². The molecule has 1 N–H and O–H groups in total. The first-order valence-electron chi connectivity index (χ1n) is 12.8. The molecular formula is C32H26N4O3S2. The number of aromatic nitrogens is 2. The van der Waals surface area contributed by atoms with Crippen molar-refractivity contribution >= 4 is 34.1 Å². The quantitative estimate of drug-likeness (QED) is 0.171. The molecule has 5 rings (SSSR count). The number of rotatable bonds is 10. The van der Waals surface area contributed by atoms with E-state index in [1.165, 1.54) is 23.1 Å². The number of amides is 1. The van der Waals surface area contributed by atoms with Crippen molar-refractivity contribution in [3.8, 4) is 51.2 Å². The highest BCUT2D eigenvalue weighted by atomic mass is 32.2. The van der Waals surface area contributed by atoms with Gasteiger partial charge in [-0.2, -0.15) is 5.26 Å². The third kappa shape index (κ3) is 6.74. The van der Waals surface area contributed by atoms with Crippen molar-refractivity contribution in [3.63, 3.8) is 0 Å². The molecule has 9 heteroatoms. The molecule has 0 spiro atoms. The van der Waals surface area contributed by atoms with Gasteiger partial charge in [-0.05, 0) is 35.9 Å². The van der Waals surface area contributed by atoms with Gasteiger partial charge in [-0.15, -0.1) is 23.1 Å². The first kappa shape index (κ1) is 27.9. The molecule has 0 aliphatic carbocycles. The van der Waals surface area contributed by atoms with E-state index in [1.807, 2.05) is 90.3 Å². The summed E-state index contributed by atoms with van der Waals surface area (Å²) in [5, 5.41) is 16.0. The molecule has 0 atom stereocenters. The number of methoxy groups -OCH3 is 2. The summed E-state index contributed by atoms with van der Waals surface area (Å²) >= 11 is 2.76. The van der Waals surface area contributed by atoms with E-state index in [4.69, 9.17) is 14.5 Å². The van der Waals surface area contributed by atoms with Gasteiger partial charge in [0.15, 0.2) is 5.13 Å². The van der Waals surface area contributed by atoms with Crippen LogP contribution in [0.15, 0.2) is 95.3 Å². The monoisotopic (exact) mass is 578 g/mol. The van der Waals surface area contributed by atoms with Gasteiger partial charge in [-0.25, -0.2) is 9.97 Å². The van der Waals surface area contributed by atoms with E-state index in [2.05, 4.69) is 16.4 Å². The van der Waals surface area contributed by atoms with Crippen molar-refractivity contribution in [2.24, 2.45) is 0 Å². The number of thiazole rings is 1. The van der Waals surface area contributed by atoms with Gasteiger partial charge in [0.25, 0.3) is 0 Å². The lowest BCUT2D eigenvalue weighted by Crippen LogP contribution is -2.12. The zero-order valence-corrected chi connectivity index (χ0v) is 24.1. The van der Waals surface area contributed by atoms with E-state index in [-0.39, 0.29) is 12.3 Å². The molecule has 0 unspecified atom stereocenters. The van der Waals surface area contributed by atoms with Crippen LogP contribution in [0, 0.1) is 11.3 Å². The number of anilines is 1. The molecule has 2 heterocycles. The van der Waals surface area contributed by atoms with Crippen molar-refractivity contribution < 1.29 is 14.3 Å². The van der Waals surface area contributed by atoms with E-state index in [9.17, 15) is 10.1 Å². The third-order valence-corrected chi connectivity index (χ3v) is 7.99. The Bertz CT molecular complexity index is 1700. The molecule has 3 aromatic carbocycles. The number of ether oxygens (including phenoxy) is 2. The predicted octanol–water partition coefficient (Wildman–Crippen LogP) is 7.55. The van der Waals surface area contributed by atoms with Crippen molar-refractivity contribution in [2.45, 2.75) is 11.4 Å². The number of pyridine rings is 1. The Balaban J connectivity index is 1.32. The summed E-state index contributed by atoms with van der Waals surface area (Å²) < 4.78 is 10.6. The minimum Gasteiger partial charge on any atom is -0.497 e. The Morgan fingerprint density at radius 3 is 2.37 bits per heavy atom. The summed E-state index contributed by atoms with van der Waals surface area (Å²) in [6, 6.07) is 29.3. The number of carbonyl (C=O) groups excluding carboxylic acids is 1. The molecule has 0 fully saturated rings. The van der Waals surface area contributed by atoms with Crippen LogP contribution < -0.4 is 14.8 Å². The van der Waals surface area contributed by atoms with Crippen LogP contribution in [0.25, 0.3) is 33.6 Å². The topological polar surface area (TPSA) is 97.1 Å². The van der Waals surface area contributed by atoms with Crippen LogP contribution in [0.4, 0.5) is 5.13 Å². The lowest BCUT2D eigenvalue weighted by atomic mass is 9.99. The molecular weight excluding hydrogens is 553 g/mol. The Labute approximate surface area is 246 Å². The fourth-order valence-corrected chi connectivity index (χ4v) is 5.84. The first-order valence-corrected chi connectivity index (χ1v) is 14.6. The van der Waals surface area contributed by atoms with E-state index in [0.29, 0.717) is 21.5 Å². The largest absolute Gasteiger partial charge is 0.497 e. The van der Waals surface area contributed by atoms with Crippen LogP contribution in [-0.2, 0) is 4.79 Å². The highest BCUT2D eigenvalue weighted by Gasteiger charge is 2.17. The molecule has 1 amide bonds. The summed E-state index contributed by atoms with van der Waals surface area (Å²) in [7, 11) is 3.24. The van der Waals surface area contributed by atoms with Crippen LogP contribution in [-0.4, -0.2) is 35.8 Å². The third-order valence-electron chi connectivity index (χ3n) is 6.25. The molecule has 204 valence electrons. The van der Waals surface area contributed by atoms with Crippen molar-refractivity contribution in [2.75, 3.05) is 25.3 Å². The number of nitrogens with one attached hydrogen (secondary N) is 1. The van der Waals surface area contributed by atoms with Crippen LogP contribution >= 0.6 is 23.1 Å². The fourth-order valence-electron chi connectivity index (χ4n) is 4.16. The van der Waals surface area contributed by atoms with Gasteiger partial charge in [0.05, 0.1) is 31.2 Å². The molecule has 2 aromatic heterocycles. The minimum absolute atomic E-state index is 0.155. The van der Waals surface area contributed by atoms with Crippen LogP contribution in [0.1, 0.15) is 12.0 Å². The molecule has 0 saturated carbocycles. The summed E-state index contributed by atoms with van der Waals surface area (Å²) in [5.74, 6) is 1.77. The summed E-state index contributed by atoms with van der Waals surface area (Å²) in [6.07, 6.45) is 0.235. The number of hydrogen-bond donors (Lipinski definition) is 1. The average molecular weight is 579 g/mol. The Hall–Kier alpha value is -4.65. The second-order valence-electron chi connectivity index (χ2n) is 8.86. The summed E-state index contributed by atoms with van der Waals surface area (Å²) in [5.41, 5.74) is 5.53. The predicted molar refractivity (Wildman–Crippen MR) is 164 cm³/mol. The number of nitrogens with zero attached hydrogens (tertiary/aromatic N) is 3. The number of thioether (sulfide) groups is 1. The van der Waals surface area contributed by atoms with Gasteiger partial charge in [-0.3, -0.25) is 4.79 Å². The molecule has 0 aliphatic heterocycles. The lowest BCUT2D eigenvalue weighted by molar-refractivity contribution is -0.115. The van der Waals surface area contributed by atoms with E-state index in [1.54, 1.807) is 14.2 Å². The molecule has 5 aromatic rings. The Morgan fingerprint density at radius 2 is 1.63 bits per heavy atom. The van der Waals surface area contributed by atoms with Gasteiger partial charge >= 0.3 is 0 Å². The maximum Gasteiger partial charge on any atom is 0.226 e. The highest BCUT2D eigenvalue weighted by Crippen LogP contribution is 2.35. The van der Waals surface area contributed by atoms with Gasteiger partial charge in [0.2, 0.25) is 5.91 Å². The highest BCUT2D eigenvalue weighted by molar-refractivity contribution is 7.99. The van der Waals surface area contributed by atoms with Crippen molar-refractivity contribution in [3.05, 3.63) is 95.9 Å². The molecule has 0 saturated heterocycles. The van der Waals surface area contributed by atoms with Gasteiger partial charge in [0.1, 0.15) is 22.6 Å². The Kier molecular flexibility index (Phi) is 8.94. The van der Waals surface area contributed by atoms with Gasteiger partial charge in [-0.1, -0.05) is 54.6 Å². The smallest absolute Gasteiger partial charge is 0.226 e. The molecule has 0 radical (unpaired) electrons. The maximum atomic E-state index is 12.8. The van der Waals surface area contributed by atoms with E-state index in [0.717, 1.165) is 45.1 Å². The Morgan fingerprint density at radius 1 is 0.878 bits per heavy atom. The second kappa shape index (κ2) is 13.1.